The normalized spacial score (nSPS) is 15.1. The molecule has 5 rings (SSSR count). The van der Waals surface area contributed by atoms with E-state index in [1.807, 2.05) is 49.4 Å². The van der Waals surface area contributed by atoms with Crippen molar-refractivity contribution in [2.75, 3.05) is 23.3 Å². The summed E-state index contributed by atoms with van der Waals surface area (Å²) >= 11 is 0. The Morgan fingerprint density at radius 2 is 1.74 bits per heavy atom. The summed E-state index contributed by atoms with van der Waals surface area (Å²) in [6.45, 7) is 3.20. The molecule has 0 spiro atoms. The summed E-state index contributed by atoms with van der Waals surface area (Å²) in [5, 5.41) is 18.2. The molecule has 0 unspecified atom stereocenters. The first-order valence-electron chi connectivity index (χ1n) is 11.5. The van der Waals surface area contributed by atoms with Crippen molar-refractivity contribution in [3.63, 3.8) is 0 Å². The zero-order valence-corrected chi connectivity index (χ0v) is 19.4. The Bertz CT molecular complexity index is 1310. The molecule has 1 aliphatic heterocycles. The third-order valence-corrected chi connectivity index (χ3v) is 6.42. The number of piperidine rings is 1. The van der Waals surface area contributed by atoms with Crippen molar-refractivity contribution in [2.45, 2.75) is 25.4 Å². The molecule has 0 aliphatic carbocycles. The van der Waals surface area contributed by atoms with E-state index in [1.165, 1.54) is 12.1 Å². The summed E-state index contributed by atoms with van der Waals surface area (Å²) in [7, 11) is 0. The monoisotopic (exact) mass is 471 g/mol. The molecule has 0 bridgehead atoms. The highest BCUT2D eigenvalue weighted by Crippen LogP contribution is 2.34. The van der Waals surface area contributed by atoms with Crippen LogP contribution in [-0.4, -0.2) is 38.9 Å². The first kappa shape index (κ1) is 22.7. The highest BCUT2D eigenvalue weighted by molar-refractivity contribution is 6.02. The highest BCUT2D eigenvalue weighted by Gasteiger charge is 2.34. The molecule has 0 radical (unpaired) electrons. The average Bonchev–Trinajstić information content (AvgIpc) is 3.28. The zero-order chi connectivity index (χ0) is 24.4. The predicted molar refractivity (Wildman–Crippen MR) is 132 cm³/mol. The maximum absolute atomic E-state index is 13.2. The lowest BCUT2D eigenvalue weighted by Gasteiger charge is -2.39. The summed E-state index contributed by atoms with van der Waals surface area (Å²) in [5.74, 6) is 0.118. The number of hydrogen-bond acceptors (Lipinski definition) is 5. The minimum Gasteiger partial charge on any atom is -0.385 e. The third kappa shape index (κ3) is 4.79. The Labute approximate surface area is 202 Å². The van der Waals surface area contributed by atoms with E-state index >= 15 is 0 Å². The van der Waals surface area contributed by atoms with Crippen molar-refractivity contribution >= 4 is 17.4 Å². The van der Waals surface area contributed by atoms with Gasteiger partial charge in [-0.05, 0) is 67.8 Å². The average molecular weight is 472 g/mol. The molecule has 1 aliphatic rings. The van der Waals surface area contributed by atoms with Crippen LogP contribution in [-0.2, 0) is 5.60 Å². The molecular weight excluding hydrogens is 445 g/mol. The van der Waals surface area contributed by atoms with Gasteiger partial charge in [0, 0.05) is 18.8 Å². The van der Waals surface area contributed by atoms with E-state index in [9.17, 15) is 14.3 Å². The number of benzene rings is 2. The van der Waals surface area contributed by atoms with E-state index < -0.39 is 5.60 Å². The van der Waals surface area contributed by atoms with Gasteiger partial charge >= 0.3 is 0 Å². The molecule has 1 amide bonds. The van der Waals surface area contributed by atoms with E-state index in [-0.39, 0.29) is 17.4 Å². The first-order chi connectivity index (χ1) is 16.9. The molecule has 0 atom stereocenters. The molecule has 8 heteroatoms. The van der Waals surface area contributed by atoms with Crippen molar-refractivity contribution in [3.8, 4) is 5.69 Å². The molecule has 3 heterocycles. The van der Waals surface area contributed by atoms with Gasteiger partial charge in [-0.15, -0.1) is 0 Å². The van der Waals surface area contributed by atoms with Crippen LogP contribution in [0.15, 0.2) is 79.0 Å². The number of nitrogens with one attached hydrogen (secondary N) is 1. The van der Waals surface area contributed by atoms with Crippen LogP contribution < -0.4 is 10.2 Å². The second-order valence-electron chi connectivity index (χ2n) is 8.80. The van der Waals surface area contributed by atoms with Crippen LogP contribution in [0.4, 0.5) is 15.9 Å². The van der Waals surface area contributed by atoms with E-state index in [1.54, 1.807) is 29.1 Å². The number of carbonyl (C=O) groups is 1. The van der Waals surface area contributed by atoms with Gasteiger partial charge in [-0.3, -0.25) is 4.79 Å². The number of nitrogens with zero attached hydrogens (tertiary/aromatic N) is 4. The molecule has 4 aromatic rings. The quantitative estimate of drug-likeness (QED) is 0.449. The summed E-state index contributed by atoms with van der Waals surface area (Å²) in [4.78, 5) is 19.4. The number of anilines is 2. The van der Waals surface area contributed by atoms with Crippen LogP contribution in [0.5, 0.6) is 0 Å². The lowest BCUT2D eigenvalue weighted by Crippen LogP contribution is -2.42. The van der Waals surface area contributed by atoms with Crippen molar-refractivity contribution < 1.29 is 14.3 Å². The standard InChI is InChI=1S/C27H26FN5O2/c1-19-17-24(31-33(19)23-10-7-21(28)8-11-23)26(34)30-22-9-12-25(29-18-22)32-15-13-27(35,14-16-32)20-5-3-2-4-6-20/h2-12,17-18,35H,13-16H2,1H3,(H,30,34). The van der Waals surface area contributed by atoms with E-state index in [0.717, 1.165) is 17.1 Å². The molecule has 7 nitrogen and oxygen atoms in total. The lowest BCUT2D eigenvalue weighted by molar-refractivity contribution is 0.0116. The Hall–Kier alpha value is -4.04. The summed E-state index contributed by atoms with van der Waals surface area (Å²) in [6.07, 6.45) is 2.86. The number of aromatic nitrogens is 3. The number of hydrogen-bond donors (Lipinski definition) is 2. The number of amides is 1. The van der Waals surface area contributed by atoms with Gasteiger partial charge < -0.3 is 15.3 Å². The highest BCUT2D eigenvalue weighted by atomic mass is 19.1. The number of aryl methyl sites for hydroxylation is 1. The van der Waals surface area contributed by atoms with Crippen LogP contribution >= 0.6 is 0 Å². The van der Waals surface area contributed by atoms with Gasteiger partial charge in [-0.1, -0.05) is 30.3 Å². The molecule has 35 heavy (non-hydrogen) atoms. The Balaban J connectivity index is 1.22. The SMILES string of the molecule is Cc1cc(C(=O)Nc2ccc(N3CCC(O)(c4ccccc4)CC3)nc2)nn1-c1ccc(F)cc1. The fraction of sp³-hybridized carbons (Fsp3) is 0.222. The largest absolute Gasteiger partial charge is 0.385 e. The van der Waals surface area contributed by atoms with E-state index in [0.29, 0.717) is 37.3 Å². The van der Waals surface area contributed by atoms with Gasteiger partial charge in [0.05, 0.1) is 23.2 Å². The van der Waals surface area contributed by atoms with Gasteiger partial charge in [-0.25, -0.2) is 14.1 Å². The van der Waals surface area contributed by atoms with E-state index in [2.05, 4.69) is 20.3 Å². The maximum Gasteiger partial charge on any atom is 0.276 e. The van der Waals surface area contributed by atoms with Crippen LogP contribution in [0.3, 0.4) is 0 Å². The fourth-order valence-corrected chi connectivity index (χ4v) is 4.41. The van der Waals surface area contributed by atoms with Crippen molar-refractivity contribution in [1.82, 2.24) is 14.8 Å². The Kier molecular flexibility index (Phi) is 6.05. The topological polar surface area (TPSA) is 83.3 Å². The van der Waals surface area contributed by atoms with Gasteiger partial charge in [0.15, 0.2) is 5.69 Å². The van der Waals surface area contributed by atoms with Gasteiger partial charge in [0.2, 0.25) is 0 Å². The minimum atomic E-state index is -0.818. The maximum atomic E-state index is 13.2. The fourth-order valence-electron chi connectivity index (χ4n) is 4.41. The van der Waals surface area contributed by atoms with Crippen molar-refractivity contribution in [2.24, 2.45) is 0 Å². The summed E-state index contributed by atoms with van der Waals surface area (Å²) in [5.41, 5.74) is 2.38. The molecule has 0 saturated carbocycles. The number of halogens is 1. The third-order valence-electron chi connectivity index (χ3n) is 6.42. The molecular formula is C27H26FN5O2. The molecule has 1 saturated heterocycles. The van der Waals surface area contributed by atoms with Crippen LogP contribution in [0.2, 0.25) is 0 Å². The zero-order valence-electron chi connectivity index (χ0n) is 19.4. The lowest BCUT2D eigenvalue weighted by atomic mass is 9.84. The van der Waals surface area contributed by atoms with Gasteiger partial charge in [0.25, 0.3) is 5.91 Å². The predicted octanol–water partition coefficient (Wildman–Crippen LogP) is 4.46. The van der Waals surface area contributed by atoms with Crippen LogP contribution in [0, 0.1) is 12.7 Å². The summed E-state index contributed by atoms with van der Waals surface area (Å²) in [6, 6.07) is 21.1. The number of rotatable bonds is 5. The van der Waals surface area contributed by atoms with E-state index in [4.69, 9.17) is 0 Å². The molecule has 2 N–H and O–H groups in total. The first-order valence-corrected chi connectivity index (χ1v) is 11.5. The summed E-state index contributed by atoms with van der Waals surface area (Å²) < 4.78 is 14.8. The Morgan fingerprint density at radius 3 is 2.40 bits per heavy atom. The van der Waals surface area contributed by atoms with Crippen LogP contribution in [0.25, 0.3) is 5.69 Å². The molecule has 2 aromatic carbocycles. The van der Waals surface area contributed by atoms with Gasteiger partial charge in [-0.2, -0.15) is 5.10 Å². The molecule has 178 valence electrons. The Morgan fingerprint density at radius 1 is 1.03 bits per heavy atom. The van der Waals surface area contributed by atoms with Crippen molar-refractivity contribution in [3.05, 3.63) is 102 Å². The van der Waals surface area contributed by atoms with Crippen molar-refractivity contribution in [1.29, 1.82) is 0 Å². The van der Waals surface area contributed by atoms with Gasteiger partial charge in [0.1, 0.15) is 11.6 Å². The molecule has 1 fully saturated rings. The number of carbonyl (C=O) groups excluding carboxylic acids is 1. The van der Waals surface area contributed by atoms with Crippen LogP contribution in [0.1, 0.15) is 34.6 Å². The second-order valence-corrected chi connectivity index (χ2v) is 8.80. The molecule has 2 aromatic heterocycles. The number of aliphatic hydroxyl groups is 1. The number of pyridine rings is 1. The minimum absolute atomic E-state index is 0.257. The smallest absolute Gasteiger partial charge is 0.276 e. The second kappa shape index (κ2) is 9.31.